The van der Waals surface area contributed by atoms with Gasteiger partial charge in [-0.3, -0.25) is 5.10 Å². The summed E-state index contributed by atoms with van der Waals surface area (Å²) < 4.78 is 5.02. The van der Waals surface area contributed by atoms with Gasteiger partial charge in [-0.1, -0.05) is 0 Å². The summed E-state index contributed by atoms with van der Waals surface area (Å²) in [5.41, 5.74) is 1.14. The molecular formula is C11H15N5O. The molecule has 2 rings (SSSR count). The van der Waals surface area contributed by atoms with E-state index in [4.69, 9.17) is 4.74 Å². The molecule has 6 heteroatoms. The first-order chi connectivity index (χ1) is 8.38. The third-order valence-electron chi connectivity index (χ3n) is 2.30. The van der Waals surface area contributed by atoms with E-state index in [0.29, 0.717) is 11.8 Å². The number of hydrogen-bond acceptors (Lipinski definition) is 5. The summed E-state index contributed by atoms with van der Waals surface area (Å²) in [6.07, 6.45) is 5.37. The lowest BCUT2D eigenvalue weighted by Gasteiger charge is -2.05. The van der Waals surface area contributed by atoms with E-state index < -0.39 is 0 Å². The van der Waals surface area contributed by atoms with E-state index in [1.807, 2.05) is 6.07 Å². The predicted molar refractivity (Wildman–Crippen MR) is 64.0 cm³/mol. The van der Waals surface area contributed by atoms with Gasteiger partial charge in [0.2, 0.25) is 11.8 Å². The van der Waals surface area contributed by atoms with Gasteiger partial charge in [0, 0.05) is 30.7 Å². The molecule has 0 amide bonds. The Morgan fingerprint density at radius 1 is 1.35 bits per heavy atom. The molecule has 0 saturated carbocycles. The van der Waals surface area contributed by atoms with Crippen LogP contribution >= 0.6 is 0 Å². The van der Waals surface area contributed by atoms with Crippen molar-refractivity contribution in [3.8, 4) is 5.88 Å². The number of nitrogens with one attached hydrogen (secondary N) is 2. The van der Waals surface area contributed by atoms with E-state index in [2.05, 4.69) is 25.5 Å². The quantitative estimate of drug-likeness (QED) is 0.734. The molecule has 17 heavy (non-hydrogen) atoms. The molecule has 0 radical (unpaired) electrons. The van der Waals surface area contributed by atoms with Crippen molar-refractivity contribution in [3.63, 3.8) is 0 Å². The molecule has 0 spiro atoms. The highest BCUT2D eigenvalue weighted by Gasteiger charge is 1.98. The van der Waals surface area contributed by atoms with Crippen LogP contribution in [0.5, 0.6) is 5.88 Å². The summed E-state index contributed by atoms with van der Waals surface area (Å²) in [6, 6.07) is 3.69. The summed E-state index contributed by atoms with van der Waals surface area (Å²) >= 11 is 0. The Hall–Kier alpha value is -2.11. The topological polar surface area (TPSA) is 75.7 Å². The van der Waals surface area contributed by atoms with Crippen LogP contribution in [0.15, 0.2) is 24.5 Å². The van der Waals surface area contributed by atoms with Crippen LogP contribution in [0.4, 0.5) is 5.95 Å². The number of rotatable bonds is 6. The van der Waals surface area contributed by atoms with E-state index in [0.717, 1.165) is 25.1 Å². The lowest BCUT2D eigenvalue weighted by atomic mass is 10.2. The number of nitrogens with zero attached hydrogens (tertiary/aromatic N) is 3. The second-order valence-corrected chi connectivity index (χ2v) is 3.53. The molecule has 0 saturated heterocycles. The lowest BCUT2D eigenvalue weighted by molar-refractivity contribution is 0.397. The van der Waals surface area contributed by atoms with E-state index >= 15 is 0 Å². The molecule has 2 heterocycles. The fraction of sp³-hybridized carbons (Fsp3) is 0.364. The predicted octanol–water partition coefficient (Wildman–Crippen LogP) is 1.25. The highest BCUT2D eigenvalue weighted by atomic mass is 16.5. The number of H-pyrrole nitrogens is 1. The van der Waals surface area contributed by atoms with Gasteiger partial charge in [-0.2, -0.15) is 10.1 Å². The molecule has 0 aliphatic rings. The first kappa shape index (κ1) is 11.4. The minimum Gasteiger partial charge on any atom is -0.481 e. The van der Waals surface area contributed by atoms with Gasteiger partial charge >= 0.3 is 0 Å². The van der Waals surface area contributed by atoms with E-state index in [9.17, 15) is 0 Å². The summed E-state index contributed by atoms with van der Waals surface area (Å²) in [7, 11) is 1.59. The van der Waals surface area contributed by atoms with Crippen LogP contribution in [-0.4, -0.2) is 33.8 Å². The number of anilines is 1. The Morgan fingerprint density at radius 2 is 2.29 bits per heavy atom. The van der Waals surface area contributed by atoms with Gasteiger partial charge in [0.05, 0.1) is 7.11 Å². The van der Waals surface area contributed by atoms with Gasteiger partial charge in [-0.25, -0.2) is 4.98 Å². The minimum absolute atomic E-state index is 0.566. The standard InChI is InChI=1S/C11H15N5O/c1-17-10-5-7-13-11(15-10)12-6-2-3-9-4-8-14-16-9/h4-5,7-8H,2-3,6H2,1H3,(H,14,16)(H,12,13,15). The van der Waals surface area contributed by atoms with Crippen molar-refractivity contribution >= 4 is 5.95 Å². The molecule has 0 unspecified atom stereocenters. The van der Waals surface area contributed by atoms with Crippen LogP contribution in [-0.2, 0) is 6.42 Å². The highest BCUT2D eigenvalue weighted by molar-refractivity contribution is 5.27. The van der Waals surface area contributed by atoms with Crippen LogP contribution in [0.25, 0.3) is 0 Å². The number of aromatic nitrogens is 4. The Labute approximate surface area is 99.4 Å². The summed E-state index contributed by atoms with van der Waals surface area (Å²) in [4.78, 5) is 8.26. The fourth-order valence-corrected chi connectivity index (χ4v) is 1.44. The van der Waals surface area contributed by atoms with Gasteiger partial charge < -0.3 is 10.1 Å². The van der Waals surface area contributed by atoms with Gasteiger partial charge in [0.25, 0.3) is 0 Å². The fourth-order valence-electron chi connectivity index (χ4n) is 1.44. The molecular weight excluding hydrogens is 218 g/mol. The molecule has 2 aromatic heterocycles. The zero-order chi connectivity index (χ0) is 11.9. The molecule has 2 aromatic rings. The van der Waals surface area contributed by atoms with E-state index in [1.54, 1.807) is 25.6 Å². The molecule has 6 nitrogen and oxygen atoms in total. The zero-order valence-corrected chi connectivity index (χ0v) is 9.68. The molecule has 0 fully saturated rings. The minimum atomic E-state index is 0.566. The van der Waals surface area contributed by atoms with Crippen LogP contribution in [0.1, 0.15) is 12.1 Å². The Kier molecular flexibility index (Phi) is 3.90. The largest absolute Gasteiger partial charge is 0.481 e. The average molecular weight is 233 g/mol. The Balaban J connectivity index is 1.74. The molecule has 0 bridgehead atoms. The van der Waals surface area contributed by atoms with Gasteiger partial charge in [0.1, 0.15) is 0 Å². The molecule has 2 N–H and O–H groups in total. The van der Waals surface area contributed by atoms with Gasteiger partial charge in [-0.05, 0) is 18.9 Å². The van der Waals surface area contributed by atoms with Gasteiger partial charge in [0.15, 0.2) is 0 Å². The molecule has 0 atom stereocenters. The number of ether oxygens (including phenoxy) is 1. The first-order valence-corrected chi connectivity index (χ1v) is 5.47. The van der Waals surface area contributed by atoms with Crippen molar-refractivity contribution in [1.82, 2.24) is 20.2 Å². The average Bonchev–Trinajstić information content (AvgIpc) is 2.88. The van der Waals surface area contributed by atoms with Gasteiger partial charge in [-0.15, -0.1) is 0 Å². The van der Waals surface area contributed by atoms with Crippen LogP contribution in [0.3, 0.4) is 0 Å². The maximum absolute atomic E-state index is 5.02. The van der Waals surface area contributed by atoms with Crippen molar-refractivity contribution < 1.29 is 4.74 Å². The summed E-state index contributed by atoms with van der Waals surface area (Å²) in [5.74, 6) is 1.16. The smallest absolute Gasteiger partial charge is 0.225 e. The number of aryl methyl sites for hydroxylation is 1. The Bertz CT molecular complexity index is 443. The lowest BCUT2D eigenvalue weighted by Crippen LogP contribution is -2.06. The number of hydrogen-bond donors (Lipinski definition) is 2. The van der Waals surface area contributed by atoms with E-state index in [1.165, 1.54) is 0 Å². The van der Waals surface area contributed by atoms with Crippen LogP contribution < -0.4 is 10.1 Å². The SMILES string of the molecule is COc1ccnc(NCCCc2ccn[nH]2)n1. The highest BCUT2D eigenvalue weighted by Crippen LogP contribution is 2.07. The third-order valence-corrected chi connectivity index (χ3v) is 2.30. The van der Waals surface area contributed by atoms with Crippen molar-refractivity contribution in [2.45, 2.75) is 12.8 Å². The van der Waals surface area contributed by atoms with Crippen molar-refractivity contribution in [1.29, 1.82) is 0 Å². The maximum atomic E-state index is 5.02. The second-order valence-electron chi connectivity index (χ2n) is 3.53. The van der Waals surface area contributed by atoms with E-state index in [-0.39, 0.29) is 0 Å². The van der Waals surface area contributed by atoms with Crippen LogP contribution in [0, 0.1) is 0 Å². The summed E-state index contributed by atoms with van der Waals surface area (Å²) in [6.45, 7) is 0.812. The number of methoxy groups -OCH3 is 1. The molecule has 0 aliphatic heterocycles. The maximum Gasteiger partial charge on any atom is 0.225 e. The molecule has 0 aromatic carbocycles. The third kappa shape index (κ3) is 3.44. The first-order valence-electron chi connectivity index (χ1n) is 5.47. The van der Waals surface area contributed by atoms with Crippen LogP contribution in [0.2, 0.25) is 0 Å². The zero-order valence-electron chi connectivity index (χ0n) is 9.68. The molecule has 90 valence electrons. The molecule has 0 aliphatic carbocycles. The monoisotopic (exact) mass is 233 g/mol. The number of aromatic amines is 1. The second kappa shape index (κ2) is 5.83. The Morgan fingerprint density at radius 3 is 3.06 bits per heavy atom. The normalized spacial score (nSPS) is 10.2. The van der Waals surface area contributed by atoms with Crippen molar-refractivity contribution in [2.24, 2.45) is 0 Å². The summed E-state index contributed by atoms with van der Waals surface area (Å²) in [5, 5.41) is 9.97. The van der Waals surface area contributed by atoms with Crippen molar-refractivity contribution in [3.05, 3.63) is 30.2 Å². The van der Waals surface area contributed by atoms with Crippen molar-refractivity contribution in [2.75, 3.05) is 19.0 Å².